The van der Waals surface area contributed by atoms with Crippen LogP contribution in [0.25, 0.3) is 0 Å². The van der Waals surface area contributed by atoms with Crippen LogP contribution in [-0.2, 0) is 16.1 Å². The number of carbonyl (C=O) groups is 2. The summed E-state index contributed by atoms with van der Waals surface area (Å²) in [6, 6.07) is 1.42. The van der Waals surface area contributed by atoms with E-state index in [0.29, 0.717) is 37.9 Å². The molecule has 1 aromatic heterocycles. The summed E-state index contributed by atoms with van der Waals surface area (Å²) in [5, 5.41) is 0.570. The van der Waals surface area contributed by atoms with Gasteiger partial charge in [0.15, 0.2) is 5.16 Å². The van der Waals surface area contributed by atoms with Crippen LogP contribution in [0.4, 0.5) is 0 Å². The van der Waals surface area contributed by atoms with Gasteiger partial charge in [-0.1, -0.05) is 11.8 Å². The van der Waals surface area contributed by atoms with Crippen LogP contribution in [0, 0.1) is 5.92 Å². The average Bonchev–Trinajstić information content (AvgIpc) is 3.44. The predicted octanol–water partition coefficient (Wildman–Crippen LogP) is 0.436. The smallest absolute Gasteiger partial charge is 0.273 e. The van der Waals surface area contributed by atoms with Crippen molar-refractivity contribution in [2.45, 2.75) is 31.5 Å². The minimum atomic E-state index is -0.290. The normalized spacial score (nSPS) is 17.9. The zero-order valence-electron chi connectivity index (χ0n) is 13.8. The van der Waals surface area contributed by atoms with Crippen molar-refractivity contribution >= 4 is 23.6 Å². The molecule has 8 heteroatoms. The molecule has 3 rings (SSSR count). The van der Waals surface area contributed by atoms with Crippen molar-refractivity contribution in [3.8, 4) is 0 Å². The van der Waals surface area contributed by atoms with Crippen LogP contribution in [0.5, 0.6) is 0 Å². The van der Waals surface area contributed by atoms with Crippen molar-refractivity contribution in [1.29, 1.82) is 0 Å². The number of rotatable bonds is 5. The topological polar surface area (TPSA) is 75.5 Å². The van der Waals surface area contributed by atoms with E-state index in [4.69, 9.17) is 0 Å². The van der Waals surface area contributed by atoms with Gasteiger partial charge in [0, 0.05) is 50.9 Å². The Kier molecular flexibility index (Phi) is 5.23. The summed E-state index contributed by atoms with van der Waals surface area (Å²) in [4.78, 5) is 43.4. The van der Waals surface area contributed by atoms with E-state index in [1.807, 2.05) is 16.4 Å². The van der Waals surface area contributed by atoms with Crippen molar-refractivity contribution < 1.29 is 9.59 Å². The van der Waals surface area contributed by atoms with Gasteiger partial charge in [-0.2, -0.15) is 4.98 Å². The molecule has 7 nitrogen and oxygen atoms in total. The molecule has 0 unspecified atom stereocenters. The Hall–Kier alpha value is -1.83. The van der Waals surface area contributed by atoms with E-state index in [1.54, 1.807) is 11.1 Å². The fourth-order valence-electron chi connectivity index (χ4n) is 2.75. The van der Waals surface area contributed by atoms with Gasteiger partial charge in [0.2, 0.25) is 11.8 Å². The summed E-state index contributed by atoms with van der Waals surface area (Å²) in [6.07, 6.45) is 3.72. The summed E-state index contributed by atoms with van der Waals surface area (Å²) < 4.78 is 1.85. The summed E-state index contributed by atoms with van der Waals surface area (Å²) >= 11 is 1.29. The minimum Gasteiger partial charge on any atom is -0.339 e. The quantitative estimate of drug-likeness (QED) is 0.569. The molecule has 0 N–H and O–H groups in total. The molecule has 1 aliphatic heterocycles. The molecule has 1 aliphatic carbocycles. The van der Waals surface area contributed by atoms with Gasteiger partial charge >= 0.3 is 0 Å². The maximum atomic E-state index is 12.4. The number of hydrogen-bond acceptors (Lipinski definition) is 5. The first-order chi connectivity index (χ1) is 11.6. The van der Waals surface area contributed by atoms with Gasteiger partial charge in [0.1, 0.15) is 0 Å². The van der Waals surface area contributed by atoms with Gasteiger partial charge < -0.3 is 14.4 Å². The molecule has 0 spiro atoms. The van der Waals surface area contributed by atoms with E-state index in [2.05, 4.69) is 4.98 Å². The minimum absolute atomic E-state index is 0.0271. The number of nitrogens with zero attached hydrogens (tertiary/aromatic N) is 4. The SMILES string of the molecule is CCn1ccc(=O)nc1SCC(=O)N1CCN(C(=O)C2CC2)CC1. The zero-order chi connectivity index (χ0) is 17.1. The maximum absolute atomic E-state index is 12.4. The van der Waals surface area contributed by atoms with Gasteiger partial charge in [-0.25, -0.2) is 0 Å². The van der Waals surface area contributed by atoms with Crippen LogP contribution in [0.15, 0.2) is 22.2 Å². The number of amides is 2. The molecule has 1 saturated heterocycles. The lowest BCUT2D eigenvalue weighted by atomic mass is 10.2. The Morgan fingerprint density at radius 3 is 2.50 bits per heavy atom. The highest BCUT2D eigenvalue weighted by Crippen LogP contribution is 2.31. The molecule has 1 aromatic rings. The number of aryl methyl sites for hydroxylation is 1. The van der Waals surface area contributed by atoms with Crippen molar-refractivity contribution in [2.24, 2.45) is 5.92 Å². The van der Waals surface area contributed by atoms with E-state index in [1.165, 1.54) is 17.8 Å². The van der Waals surface area contributed by atoms with Crippen LogP contribution >= 0.6 is 11.8 Å². The van der Waals surface area contributed by atoms with E-state index in [9.17, 15) is 14.4 Å². The monoisotopic (exact) mass is 350 g/mol. The summed E-state index contributed by atoms with van der Waals surface area (Å²) in [7, 11) is 0. The highest BCUT2D eigenvalue weighted by atomic mass is 32.2. The van der Waals surface area contributed by atoms with Crippen LogP contribution in [0.1, 0.15) is 19.8 Å². The molecular formula is C16H22N4O3S. The van der Waals surface area contributed by atoms with Crippen molar-refractivity contribution in [2.75, 3.05) is 31.9 Å². The Bertz CT molecular complexity index is 678. The fraction of sp³-hybridized carbons (Fsp3) is 0.625. The van der Waals surface area contributed by atoms with E-state index >= 15 is 0 Å². The van der Waals surface area contributed by atoms with Gasteiger partial charge in [-0.15, -0.1) is 0 Å². The standard InChI is InChI=1S/C16H22N4O3S/c1-2-18-6-5-13(21)17-16(18)24-11-14(22)19-7-9-20(10-8-19)15(23)12-3-4-12/h5-6,12H,2-4,7-11H2,1H3. The molecule has 2 aliphatic rings. The summed E-state index contributed by atoms with van der Waals surface area (Å²) in [6.45, 7) is 5.07. The third-order valence-electron chi connectivity index (χ3n) is 4.38. The van der Waals surface area contributed by atoms with Gasteiger partial charge in [-0.05, 0) is 19.8 Å². The highest BCUT2D eigenvalue weighted by molar-refractivity contribution is 7.99. The molecule has 0 radical (unpaired) electrons. The Morgan fingerprint density at radius 2 is 1.88 bits per heavy atom. The number of thioether (sulfide) groups is 1. The number of hydrogen-bond donors (Lipinski definition) is 0. The molecule has 1 saturated carbocycles. The van der Waals surface area contributed by atoms with Gasteiger partial charge in [0.25, 0.3) is 5.56 Å². The summed E-state index contributed by atoms with van der Waals surface area (Å²) in [5.74, 6) is 0.765. The van der Waals surface area contributed by atoms with Crippen LogP contribution in [-0.4, -0.2) is 63.1 Å². The number of carbonyl (C=O) groups excluding carboxylic acids is 2. The largest absolute Gasteiger partial charge is 0.339 e. The molecule has 0 aromatic carbocycles. The van der Waals surface area contributed by atoms with E-state index < -0.39 is 0 Å². The average molecular weight is 350 g/mol. The second-order valence-corrected chi connectivity index (χ2v) is 7.05. The van der Waals surface area contributed by atoms with E-state index in [0.717, 1.165) is 12.8 Å². The maximum Gasteiger partial charge on any atom is 0.273 e. The summed E-state index contributed by atoms with van der Waals surface area (Å²) in [5.41, 5.74) is -0.290. The van der Waals surface area contributed by atoms with Crippen molar-refractivity contribution in [3.05, 3.63) is 22.6 Å². The lowest BCUT2D eigenvalue weighted by Gasteiger charge is -2.34. The first kappa shape index (κ1) is 17.0. The molecule has 2 fully saturated rings. The highest BCUT2D eigenvalue weighted by Gasteiger charge is 2.35. The molecule has 0 bridgehead atoms. The molecule has 2 amide bonds. The van der Waals surface area contributed by atoms with E-state index in [-0.39, 0.29) is 29.0 Å². The van der Waals surface area contributed by atoms with Crippen LogP contribution in [0.3, 0.4) is 0 Å². The lowest BCUT2D eigenvalue weighted by Crippen LogP contribution is -2.51. The second-order valence-electron chi connectivity index (χ2n) is 6.10. The molecule has 130 valence electrons. The van der Waals surface area contributed by atoms with Gasteiger partial charge in [-0.3, -0.25) is 14.4 Å². The molecule has 24 heavy (non-hydrogen) atoms. The molecule has 2 heterocycles. The van der Waals surface area contributed by atoms with Gasteiger partial charge in [0.05, 0.1) is 5.75 Å². The lowest BCUT2D eigenvalue weighted by molar-refractivity contribution is -0.139. The Balaban J connectivity index is 1.50. The van der Waals surface area contributed by atoms with Crippen molar-refractivity contribution in [3.63, 3.8) is 0 Å². The predicted molar refractivity (Wildman–Crippen MR) is 90.8 cm³/mol. The molecular weight excluding hydrogens is 328 g/mol. The second kappa shape index (κ2) is 7.38. The third kappa shape index (κ3) is 3.98. The molecule has 0 atom stereocenters. The first-order valence-corrected chi connectivity index (χ1v) is 9.34. The van der Waals surface area contributed by atoms with Crippen LogP contribution < -0.4 is 5.56 Å². The zero-order valence-corrected chi connectivity index (χ0v) is 14.6. The number of aromatic nitrogens is 2. The van der Waals surface area contributed by atoms with Crippen LogP contribution in [0.2, 0.25) is 0 Å². The fourth-order valence-corrected chi connectivity index (χ4v) is 3.70. The number of piperazine rings is 1. The first-order valence-electron chi connectivity index (χ1n) is 8.35. The third-order valence-corrected chi connectivity index (χ3v) is 5.36. The Labute approximate surface area is 145 Å². The Morgan fingerprint density at radius 1 is 1.21 bits per heavy atom. The van der Waals surface area contributed by atoms with Crippen molar-refractivity contribution in [1.82, 2.24) is 19.4 Å².